The minimum atomic E-state index is -0.679. The van der Waals surface area contributed by atoms with Crippen molar-refractivity contribution in [2.75, 3.05) is 6.61 Å². The van der Waals surface area contributed by atoms with Gasteiger partial charge in [-0.3, -0.25) is 9.59 Å². The molecule has 1 atom stereocenters. The Bertz CT molecular complexity index is 948. The normalized spacial score (nSPS) is 15.1. The number of benzene rings is 2. The predicted molar refractivity (Wildman–Crippen MR) is 128 cm³/mol. The van der Waals surface area contributed by atoms with E-state index in [2.05, 4.69) is 5.32 Å². The molecule has 1 fully saturated rings. The average molecular weight is 498 g/mol. The van der Waals surface area contributed by atoms with Crippen LogP contribution in [0.3, 0.4) is 0 Å². The first-order valence-corrected chi connectivity index (χ1v) is 11.9. The molecule has 2 aromatic rings. The molecule has 0 radical (unpaired) electrons. The fraction of sp³-hybridized carbons (Fsp3) is 0.417. The van der Waals surface area contributed by atoms with Gasteiger partial charge in [0.05, 0.1) is 10.0 Å². The lowest BCUT2D eigenvalue weighted by Crippen LogP contribution is -2.51. The molecule has 5 nitrogen and oxygen atoms in total. The van der Waals surface area contributed by atoms with Crippen molar-refractivity contribution in [2.24, 2.45) is 0 Å². The zero-order valence-electron chi connectivity index (χ0n) is 18.0. The van der Waals surface area contributed by atoms with Gasteiger partial charge in [-0.15, -0.1) is 0 Å². The van der Waals surface area contributed by atoms with E-state index in [-0.39, 0.29) is 31.0 Å². The first kappa shape index (κ1) is 24.7. The Hall–Kier alpha value is -1.95. The Morgan fingerprint density at radius 3 is 2.50 bits per heavy atom. The second-order valence-corrected chi connectivity index (χ2v) is 9.29. The summed E-state index contributed by atoms with van der Waals surface area (Å²) in [5.74, 6) is -0.00458. The molecule has 1 unspecified atom stereocenters. The van der Waals surface area contributed by atoms with Crippen LogP contribution < -0.4 is 10.1 Å². The number of nitrogens with zero attached hydrogens (tertiary/aromatic N) is 1. The molecule has 2 aromatic carbocycles. The van der Waals surface area contributed by atoms with Crippen molar-refractivity contribution in [3.8, 4) is 5.75 Å². The van der Waals surface area contributed by atoms with Gasteiger partial charge in [-0.1, -0.05) is 66.2 Å². The van der Waals surface area contributed by atoms with E-state index in [1.54, 1.807) is 49.4 Å². The molecule has 1 saturated carbocycles. The van der Waals surface area contributed by atoms with E-state index >= 15 is 0 Å². The van der Waals surface area contributed by atoms with E-state index in [0.29, 0.717) is 20.8 Å². The van der Waals surface area contributed by atoms with Crippen molar-refractivity contribution >= 4 is 46.6 Å². The Labute approximate surface area is 204 Å². The van der Waals surface area contributed by atoms with E-state index < -0.39 is 6.04 Å². The largest absolute Gasteiger partial charge is 0.484 e. The van der Waals surface area contributed by atoms with Crippen molar-refractivity contribution in [3.05, 3.63) is 63.1 Å². The van der Waals surface area contributed by atoms with Gasteiger partial charge >= 0.3 is 0 Å². The fourth-order valence-electron chi connectivity index (χ4n) is 3.77. The van der Waals surface area contributed by atoms with Crippen LogP contribution in [0.15, 0.2) is 42.5 Å². The number of amides is 2. The van der Waals surface area contributed by atoms with Crippen LogP contribution in [-0.2, 0) is 16.1 Å². The van der Waals surface area contributed by atoms with Crippen LogP contribution in [0.25, 0.3) is 0 Å². The predicted octanol–water partition coefficient (Wildman–Crippen LogP) is 5.89. The van der Waals surface area contributed by atoms with Crippen LogP contribution in [0.4, 0.5) is 0 Å². The minimum Gasteiger partial charge on any atom is -0.484 e. The number of carbonyl (C=O) groups is 2. The lowest BCUT2D eigenvalue weighted by atomic mass is 9.95. The van der Waals surface area contributed by atoms with E-state index in [1.807, 2.05) is 0 Å². The Morgan fingerprint density at radius 2 is 1.81 bits per heavy atom. The number of hydrogen-bond acceptors (Lipinski definition) is 3. The monoisotopic (exact) mass is 496 g/mol. The third-order valence-electron chi connectivity index (χ3n) is 5.61. The van der Waals surface area contributed by atoms with Gasteiger partial charge in [-0.05, 0) is 55.7 Å². The molecule has 0 aromatic heterocycles. The van der Waals surface area contributed by atoms with Crippen LogP contribution in [0.5, 0.6) is 5.75 Å². The lowest BCUT2D eigenvalue weighted by Gasteiger charge is -2.31. The van der Waals surface area contributed by atoms with Gasteiger partial charge in [0.15, 0.2) is 6.61 Å². The summed E-state index contributed by atoms with van der Waals surface area (Å²) in [5.41, 5.74) is 0.771. The molecule has 1 N–H and O–H groups in total. The minimum absolute atomic E-state index is 0.156. The third kappa shape index (κ3) is 7.03. The highest BCUT2D eigenvalue weighted by molar-refractivity contribution is 6.42. The van der Waals surface area contributed by atoms with Crippen LogP contribution in [-0.4, -0.2) is 35.4 Å². The number of carbonyl (C=O) groups excluding carboxylic acids is 2. The maximum Gasteiger partial charge on any atom is 0.261 e. The summed E-state index contributed by atoms with van der Waals surface area (Å²) in [5, 5.41) is 4.45. The van der Waals surface area contributed by atoms with Gasteiger partial charge in [-0.25, -0.2) is 0 Å². The first-order valence-electron chi connectivity index (χ1n) is 10.8. The Kier molecular flexibility index (Phi) is 9.09. The van der Waals surface area contributed by atoms with E-state index in [0.717, 1.165) is 31.2 Å². The lowest BCUT2D eigenvalue weighted by molar-refractivity contribution is -0.142. The van der Waals surface area contributed by atoms with Crippen LogP contribution in [0.2, 0.25) is 15.1 Å². The SMILES string of the molecule is CC(C(=O)NC1CCCCC1)N(Cc1ccc(Cl)c(Cl)c1)C(=O)COc1cccc(Cl)c1. The maximum absolute atomic E-state index is 13.1. The fourth-order valence-corrected chi connectivity index (χ4v) is 4.27. The Balaban J connectivity index is 1.73. The number of halogens is 3. The van der Waals surface area contributed by atoms with Gasteiger partial charge < -0.3 is 15.0 Å². The van der Waals surface area contributed by atoms with Gasteiger partial charge in [-0.2, -0.15) is 0 Å². The summed E-state index contributed by atoms with van der Waals surface area (Å²) < 4.78 is 5.64. The Morgan fingerprint density at radius 1 is 1.06 bits per heavy atom. The summed E-state index contributed by atoms with van der Waals surface area (Å²) in [6.07, 6.45) is 5.36. The summed E-state index contributed by atoms with van der Waals surface area (Å²) >= 11 is 18.2. The molecule has 0 spiro atoms. The average Bonchev–Trinajstić information content (AvgIpc) is 2.78. The van der Waals surface area contributed by atoms with Gasteiger partial charge in [0, 0.05) is 17.6 Å². The number of rotatable bonds is 8. The highest BCUT2D eigenvalue weighted by Gasteiger charge is 2.28. The molecule has 0 heterocycles. The van der Waals surface area contributed by atoms with Crippen molar-refractivity contribution < 1.29 is 14.3 Å². The van der Waals surface area contributed by atoms with E-state index in [1.165, 1.54) is 11.3 Å². The van der Waals surface area contributed by atoms with E-state index in [9.17, 15) is 9.59 Å². The highest BCUT2D eigenvalue weighted by atomic mass is 35.5. The molecule has 1 aliphatic rings. The molecule has 2 amide bonds. The molecule has 1 aliphatic carbocycles. The number of nitrogens with one attached hydrogen (secondary N) is 1. The summed E-state index contributed by atoms with van der Waals surface area (Å²) in [7, 11) is 0. The van der Waals surface area contributed by atoms with Crippen molar-refractivity contribution in [3.63, 3.8) is 0 Å². The van der Waals surface area contributed by atoms with E-state index in [4.69, 9.17) is 39.5 Å². The molecular weight excluding hydrogens is 471 g/mol. The molecule has 0 saturated heterocycles. The summed E-state index contributed by atoms with van der Waals surface area (Å²) in [6.45, 7) is 1.71. The first-order chi connectivity index (χ1) is 15.3. The molecule has 0 aliphatic heterocycles. The number of ether oxygens (including phenoxy) is 1. The summed E-state index contributed by atoms with van der Waals surface area (Å²) in [6, 6.07) is 11.5. The zero-order chi connectivity index (χ0) is 23.1. The van der Waals surface area contributed by atoms with Crippen molar-refractivity contribution in [2.45, 2.75) is 57.7 Å². The van der Waals surface area contributed by atoms with Crippen LogP contribution >= 0.6 is 34.8 Å². The standard InChI is InChI=1S/C24H27Cl3N2O3/c1-16(24(31)28-19-7-3-2-4-8-19)29(14-17-10-11-21(26)22(27)12-17)23(30)15-32-20-9-5-6-18(25)13-20/h5-6,9-13,16,19H,2-4,7-8,14-15H2,1H3,(H,28,31). The zero-order valence-corrected chi connectivity index (χ0v) is 20.2. The van der Waals surface area contributed by atoms with Crippen LogP contribution in [0.1, 0.15) is 44.6 Å². The molecule has 0 bridgehead atoms. The van der Waals surface area contributed by atoms with Gasteiger partial charge in [0.1, 0.15) is 11.8 Å². The van der Waals surface area contributed by atoms with Gasteiger partial charge in [0.25, 0.3) is 5.91 Å². The maximum atomic E-state index is 13.1. The quantitative estimate of drug-likeness (QED) is 0.494. The highest BCUT2D eigenvalue weighted by Crippen LogP contribution is 2.24. The molecular formula is C24H27Cl3N2O3. The summed E-state index contributed by atoms with van der Waals surface area (Å²) in [4.78, 5) is 27.6. The second-order valence-electron chi connectivity index (χ2n) is 8.04. The molecule has 8 heteroatoms. The van der Waals surface area contributed by atoms with Crippen molar-refractivity contribution in [1.82, 2.24) is 10.2 Å². The second kappa shape index (κ2) is 11.8. The number of hydrogen-bond donors (Lipinski definition) is 1. The smallest absolute Gasteiger partial charge is 0.261 e. The van der Waals surface area contributed by atoms with Crippen LogP contribution in [0, 0.1) is 0 Å². The molecule has 3 rings (SSSR count). The van der Waals surface area contributed by atoms with Crippen molar-refractivity contribution in [1.29, 1.82) is 0 Å². The van der Waals surface area contributed by atoms with Gasteiger partial charge in [0.2, 0.25) is 5.91 Å². The third-order valence-corrected chi connectivity index (χ3v) is 6.59. The topological polar surface area (TPSA) is 58.6 Å². The molecule has 32 heavy (non-hydrogen) atoms. The molecule has 172 valence electrons.